The largest absolute Gasteiger partial charge is 0.481 e. The Hall–Kier alpha value is -0.530. The fourth-order valence-electron chi connectivity index (χ4n) is 4.22. The van der Waals surface area contributed by atoms with Gasteiger partial charge in [0.05, 0.1) is 6.42 Å². The van der Waals surface area contributed by atoms with E-state index in [9.17, 15) is 4.79 Å². The second kappa shape index (κ2) is 3.80. The number of carboxylic acid groups (broad SMARTS) is 1. The van der Waals surface area contributed by atoms with E-state index in [4.69, 9.17) is 5.11 Å². The van der Waals surface area contributed by atoms with Gasteiger partial charge in [-0.05, 0) is 55.3 Å². The van der Waals surface area contributed by atoms with Crippen LogP contribution < -0.4 is 0 Å². The van der Waals surface area contributed by atoms with Crippen LogP contribution in [0.5, 0.6) is 0 Å². The van der Waals surface area contributed by atoms with E-state index in [1.165, 1.54) is 19.3 Å². The van der Waals surface area contributed by atoms with Gasteiger partial charge in [-0.25, -0.2) is 0 Å². The van der Waals surface area contributed by atoms with Gasteiger partial charge in [-0.15, -0.1) is 0 Å². The Morgan fingerprint density at radius 1 is 1.27 bits per heavy atom. The molecule has 0 radical (unpaired) electrons. The molecule has 2 fully saturated rings. The summed E-state index contributed by atoms with van der Waals surface area (Å²) in [6, 6.07) is 0. The number of hydrogen-bond donors (Lipinski definition) is 1. The van der Waals surface area contributed by atoms with Crippen molar-refractivity contribution < 1.29 is 9.90 Å². The van der Waals surface area contributed by atoms with E-state index in [1.54, 1.807) is 0 Å². The van der Waals surface area contributed by atoms with Gasteiger partial charge in [0.2, 0.25) is 0 Å². The molecule has 1 N–H and O–H groups in total. The van der Waals surface area contributed by atoms with Crippen LogP contribution in [0.2, 0.25) is 0 Å². The average molecular weight is 210 g/mol. The standard InChI is InChI=1S/C13H22O2/c1-9-3-10-5-11(4-9)7-13(2,6-10)8-12(14)15/h9-11H,3-8H2,1-2H3,(H,14,15). The number of carbonyl (C=O) groups is 1. The highest BCUT2D eigenvalue weighted by Crippen LogP contribution is 2.51. The van der Waals surface area contributed by atoms with Crippen molar-refractivity contribution in [2.45, 2.75) is 52.4 Å². The molecule has 2 atom stereocenters. The molecule has 0 heterocycles. The normalized spacial score (nSPS) is 45.1. The summed E-state index contributed by atoms with van der Waals surface area (Å²) in [6.07, 6.45) is 6.66. The van der Waals surface area contributed by atoms with Gasteiger partial charge < -0.3 is 5.11 Å². The minimum Gasteiger partial charge on any atom is -0.481 e. The SMILES string of the molecule is CC1CC2CC(C1)CC(C)(CC(=O)O)C2. The summed E-state index contributed by atoms with van der Waals surface area (Å²) < 4.78 is 0. The average Bonchev–Trinajstić information content (AvgIpc) is 1.96. The first-order valence-electron chi connectivity index (χ1n) is 6.19. The molecule has 0 aromatic rings. The van der Waals surface area contributed by atoms with E-state index in [0.717, 1.165) is 30.6 Å². The molecule has 2 aliphatic carbocycles. The molecule has 2 rings (SSSR count). The van der Waals surface area contributed by atoms with E-state index < -0.39 is 5.97 Å². The van der Waals surface area contributed by atoms with Gasteiger partial charge in [-0.3, -0.25) is 4.79 Å². The van der Waals surface area contributed by atoms with Crippen molar-refractivity contribution in [1.29, 1.82) is 0 Å². The third-order valence-corrected chi connectivity index (χ3v) is 4.28. The zero-order chi connectivity index (χ0) is 11.1. The summed E-state index contributed by atoms with van der Waals surface area (Å²) in [7, 11) is 0. The van der Waals surface area contributed by atoms with Gasteiger partial charge >= 0.3 is 5.97 Å². The van der Waals surface area contributed by atoms with Crippen LogP contribution in [0.25, 0.3) is 0 Å². The van der Waals surface area contributed by atoms with Crippen LogP contribution in [-0.2, 0) is 4.79 Å². The van der Waals surface area contributed by atoms with Gasteiger partial charge in [0.15, 0.2) is 0 Å². The predicted molar refractivity (Wildman–Crippen MR) is 59.6 cm³/mol. The zero-order valence-corrected chi connectivity index (χ0v) is 9.83. The van der Waals surface area contributed by atoms with Gasteiger partial charge in [0, 0.05) is 0 Å². The lowest BCUT2D eigenvalue weighted by Crippen LogP contribution is -2.37. The molecule has 0 aromatic carbocycles. The van der Waals surface area contributed by atoms with Gasteiger partial charge in [-0.1, -0.05) is 13.8 Å². The molecule has 0 amide bonds. The number of rotatable bonds is 2. The quantitative estimate of drug-likeness (QED) is 0.759. The molecular weight excluding hydrogens is 188 g/mol. The monoisotopic (exact) mass is 210 g/mol. The van der Waals surface area contributed by atoms with Gasteiger partial charge in [-0.2, -0.15) is 0 Å². The van der Waals surface area contributed by atoms with E-state index >= 15 is 0 Å². The highest BCUT2D eigenvalue weighted by atomic mass is 16.4. The Morgan fingerprint density at radius 3 is 2.27 bits per heavy atom. The van der Waals surface area contributed by atoms with Crippen molar-refractivity contribution >= 4 is 5.97 Å². The molecule has 0 aromatic heterocycles. The van der Waals surface area contributed by atoms with Crippen LogP contribution in [0.3, 0.4) is 0 Å². The second-order valence-corrected chi connectivity index (χ2v) is 6.33. The summed E-state index contributed by atoms with van der Waals surface area (Å²) in [4.78, 5) is 10.9. The third-order valence-electron chi connectivity index (χ3n) is 4.28. The number of fused-ring (bicyclic) bond motifs is 2. The molecule has 2 unspecified atom stereocenters. The Labute approximate surface area is 92.1 Å². The van der Waals surface area contributed by atoms with E-state index in [1.807, 2.05) is 0 Å². The summed E-state index contributed by atoms with van der Waals surface area (Å²) in [6.45, 7) is 4.52. The van der Waals surface area contributed by atoms with Crippen LogP contribution in [0, 0.1) is 23.2 Å². The fraction of sp³-hybridized carbons (Fsp3) is 0.923. The highest BCUT2D eigenvalue weighted by molar-refractivity contribution is 5.67. The summed E-state index contributed by atoms with van der Waals surface area (Å²) >= 11 is 0. The number of aliphatic carboxylic acids is 1. The van der Waals surface area contributed by atoms with Crippen molar-refractivity contribution in [2.24, 2.45) is 23.2 Å². The van der Waals surface area contributed by atoms with Crippen LogP contribution >= 0.6 is 0 Å². The first kappa shape index (κ1) is 11.0. The van der Waals surface area contributed by atoms with Crippen molar-refractivity contribution in [3.63, 3.8) is 0 Å². The van der Waals surface area contributed by atoms with Crippen LogP contribution in [0.15, 0.2) is 0 Å². The Kier molecular flexibility index (Phi) is 2.78. The van der Waals surface area contributed by atoms with Crippen LogP contribution in [0.4, 0.5) is 0 Å². The smallest absolute Gasteiger partial charge is 0.303 e. The number of carboxylic acids is 1. The molecule has 2 nitrogen and oxygen atoms in total. The molecule has 15 heavy (non-hydrogen) atoms. The first-order chi connectivity index (χ1) is 6.97. The van der Waals surface area contributed by atoms with E-state index in [0.29, 0.717) is 6.42 Å². The summed E-state index contributed by atoms with van der Waals surface area (Å²) in [5, 5.41) is 8.95. The Balaban J connectivity index is 2.03. The molecule has 2 bridgehead atoms. The molecule has 0 saturated heterocycles. The van der Waals surface area contributed by atoms with E-state index in [2.05, 4.69) is 13.8 Å². The van der Waals surface area contributed by atoms with Gasteiger partial charge in [0.1, 0.15) is 0 Å². The molecular formula is C13H22O2. The van der Waals surface area contributed by atoms with Crippen molar-refractivity contribution in [1.82, 2.24) is 0 Å². The molecule has 86 valence electrons. The van der Waals surface area contributed by atoms with E-state index in [-0.39, 0.29) is 5.41 Å². The lowest BCUT2D eigenvalue weighted by molar-refractivity contribution is -0.141. The lowest BCUT2D eigenvalue weighted by Gasteiger charge is -2.46. The van der Waals surface area contributed by atoms with Crippen molar-refractivity contribution in [3.8, 4) is 0 Å². The minimum atomic E-state index is -0.620. The van der Waals surface area contributed by atoms with Crippen LogP contribution in [0.1, 0.15) is 52.4 Å². The van der Waals surface area contributed by atoms with Crippen molar-refractivity contribution in [3.05, 3.63) is 0 Å². The zero-order valence-electron chi connectivity index (χ0n) is 9.83. The maximum Gasteiger partial charge on any atom is 0.303 e. The minimum absolute atomic E-state index is 0.0829. The highest BCUT2D eigenvalue weighted by Gasteiger charge is 2.41. The fourth-order valence-corrected chi connectivity index (χ4v) is 4.22. The first-order valence-corrected chi connectivity index (χ1v) is 6.19. The lowest BCUT2D eigenvalue weighted by atomic mass is 9.58. The molecule has 2 saturated carbocycles. The van der Waals surface area contributed by atoms with Crippen LogP contribution in [-0.4, -0.2) is 11.1 Å². The Bertz CT molecular complexity index is 241. The van der Waals surface area contributed by atoms with Crippen molar-refractivity contribution in [2.75, 3.05) is 0 Å². The predicted octanol–water partition coefficient (Wildman–Crippen LogP) is 3.31. The van der Waals surface area contributed by atoms with Gasteiger partial charge in [0.25, 0.3) is 0 Å². The molecule has 0 spiro atoms. The second-order valence-electron chi connectivity index (χ2n) is 6.33. The molecule has 2 aliphatic rings. The topological polar surface area (TPSA) is 37.3 Å². The number of hydrogen-bond acceptors (Lipinski definition) is 1. The third kappa shape index (κ3) is 2.53. The maximum absolute atomic E-state index is 10.9. The molecule has 0 aliphatic heterocycles. The summed E-state index contributed by atoms with van der Waals surface area (Å²) in [5.41, 5.74) is 0.0829. The Morgan fingerprint density at radius 2 is 1.80 bits per heavy atom. The maximum atomic E-state index is 10.9. The molecule has 2 heteroatoms. The summed E-state index contributed by atoms with van der Waals surface area (Å²) in [5.74, 6) is 1.85.